The monoisotopic (exact) mass is 460 g/mol. The normalized spacial score (nSPS) is 15.7. The third-order valence-corrected chi connectivity index (χ3v) is 6.12. The third-order valence-electron chi connectivity index (χ3n) is 5.88. The van der Waals surface area contributed by atoms with Gasteiger partial charge < -0.3 is 4.90 Å². The van der Waals surface area contributed by atoms with E-state index in [9.17, 15) is 14.4 Å². The second-order valence-corrected chi connectivity index (χ2v) is 8.80. The van der Waals surface area contributed by atoms with E-state index in [1.165, 1.54) is 9.80 Å². The van der Waals surface area contributed by atoms with Crippen LogP contribution in [0.5, 0.6) is 0 Å². The maximum atomic E-state index is 13.5. The average molecular weight is 461 g/mol. The summed E-state index contributed by atoms with van der Waals surface area (Å²) in [5.41, 5.74) is 4.04. The molecule has 3 amide bonds. The Morgan fingerprint density at radius 3 is 2.24 bits per heavy atom. The molecule has 0 bridgehead atoms. The van der Waals surface area contributed by atoms with Crippen molar-refractivity contribution in [1.29, 1.82) is 0 Å². The zero-order valence-electron chi connectivity index (χ0n) is 18.6. The van der Waals surface area contributed by atoms with E-state index in [1.54, 1.807) is 30.3 Å². The smallest absolute Gasteiger partial charge is 0.257 e. The number of carbonyl (C=O) groups excluding carboxylic acids is 3. The molecular formula is C27H25ClN2O3. The van der Waals surface area contributed by atoms with E-state index in [1.807, 2.05) is 56.3 Å². The van der Waals surface area contributed by atoms with Crippen LogP contribution in [0.15, 0.2) is 72.8 Å². The number of aryl methyl sites for hydroxylation is 2. The molecule has 0 spiro atoms. The minimum atomic E-state index is -0.855. The molecule has 1 aliphatic heterocycles. The quantitative estimate of drug-likeness (QED) is 0.488. The van der Waals surface area contributed by atoms with Crippen molar-refractivity contribution in [3.63, 3.8) is 0 Å². The molecule has 33 heavy (non-hydrogen) atoms. The van der Waals surface area contributed by atoms with Crippen molar-refractivity contribution in [3.8, 4) is 0 Å². The van der Waals surface area contributed by atoms with Crippen molar-refractivity contribution in [2.45, 2.75) is 32.7 Å². The molecule has 5 nitrogen and oxygen atoms in total. The van der Waals surface area contributed by atoms with E-state index >= 15 is 0 Å². The number of anilines is 1. The van der Waals surface area contributed by atoms with Gasteiger partial charge in [-0.3, -0.25) is 14.4 Å². The number of imide groups is 1. The Balaban J connectivity index is 1.63. The molecule has 3 aromatic rings. The fourth-order valence-electron chi connectivity index (χ4n) is 4.03. The summed E-state index contributed by atoms with van der Waals surface area (Å²) in [5.74, 6) is -0.956. The summed E-state index contributed by atoms with van der Waals surface area (Å²) in [5, 5.41) is 0.613. The fraction of sp³-hybridized carbons (Fsp3) is 0.222. The van der Waals surface area contributed by atoms with E-state index in [4.69, 9.17) is 11.6 Å². The standard InChI is InChI=1S/C27H25ClN2O3/c1-18-6-10-21(11-7-18)26(32)29(15-14-20-4-3-5-22(28)16-20)24-17-25(31)30(27(24)33)23-12-8-19(2)9-13-23/h3-13,16,24H,14-15,17H2,1-2H3. The summed E-state index contributed by atoms with van der Waals surface area (Å²) < 4.78 is 0. The van der Waals surface area contributed by atoms with Gasteiger partial charge in [-0.1, -0.05) is 59.1 Å². The van der Waals surface area contributed by atoms with Crippen LogP contribution < -0.4 is 4.90 Å². The molecule has 0 aromatic heterocycles. The highest BCUT2D eigenvalue weighted by atomic mass is 35.5. The first-order valence-corrected chi connectivity index (χ1v) is 11.3. The van der Waals surface area contributed by atoms with Gasteiger partial charge in [0.05, 0.1) is 12.1 Å². The lowest BCUT2D eigenvalue weighted by atomic mass is 10.1. The molecule has 1 atom stereocenters. The second kappa shape index (κ2) is 9.59. The summed E-state index contributed by atoms with van der Waals surface area (Å²) in [7, 11) is 0. The number of halogens is 1. The maximum absolute atomic E-state index is 13.5. The Kier molecular flexibility index (Phi) is 6.61. The van der Waals surface area contributed by atoms with E-state index in [-0.39, 0.29) is 24.1 Å². The summed E-state index contributed by atoms with van der Waals surface area (Å²) in [6.07, 6.45) is 0.473. The van der Waals surface area contributed by atoms with E-state index in [2.05, 4.69) is 0 Å². The van der Waals surface area contributed by atoms with Crippen LogP contribution in [0, 0.1) is 13.8 Å². The summed E-state index contributed by atoms with van der Waals surface area (Å²) in [4.78, 5) is 42.5. The van der Waals surface area contributed by atoms with Crippen LogP contribution in [0.25, 0.3) is 0 Å². The highest BCUT2D eigenvalue weighted by Crippen LogP contribution is 2.27. The molecule has 3 aromatic carbocycles. The molecule has 0 saturated carbocycles. The molecule has 4 rings (SSSR count). The SMILES string of the molecule is Cc1ccc(C(=O)N(CCc2cccc(Cl)c2)C2CC(=O)N(c3ccc(C)cc3)C2=O)cc1. The Bertz CT molecular complexity index is 1190. The minimum Gasteiger partial charge on any atom is -0.326 e. The molecule has 1 unspecified atom stereocenters. The van der Waals surface area contributed by atoms with Crippen LogP contribution in [0.3, 0.4) is 0 Å². The zero-order chi connectivity index (χ0) is 23.5. The Hall–Kier alpha value is -3.44. The maximum Gasteiger partial charge on any atom is 0.257 e. The Morgan fingerprint density at radius 2 is 1.61 bits per heavy atom. The minimum absolute atomic E-state index is 0.0418. The van der Waals surface area contributed by atoms with Gasteiger partial charge in [0.2, 0.25) is 5.91 Å². The number of benzene rings is 3. The Labute approximate surface area is 198 Å². The fourth-order valence-corrected chi connectivity index (χ4v) is 4.24. The number of amides is 3. The van der Waals surface area contributed by atoms with Gasteiger partial charge in [0.1, 0.15) is 6.04 Å². The molecule has 1 heterocycles. The van der Waals surface area contributed by atoms with E-state index in [0.29, 0.717) is 29.2 Å². The van der Waals surface area contributed by atoms with Gasteiger partial charge >= 0.3 is 0 Å². The molecular weight excluding hydrogens is 436 g/mol. The van der Waals surface area contributed by atoms with Gasteiger partial charge in [-0.15, -0.1) is 0 Å². The van der Waals surface area contributed by atoms with Gasteiger partial charge in [-0.2, -0.15) is 0 Å². The highest BCUT2D eigenvalue weighted by Gasteiger charge is 2.44. The molecule has 0 N–H and O–H groups in total. The molecule has 1 saturated heterocycles. The van der Waals surface area contributed by atoms with Gasteiger partial charge in [0.15, 0.2) is 0 Å². The first-order valence-electron chi connectivity index (χ1n) is 10.9. The predicted molar refractivity (Wildman–Crippen MR) is 129 cm³/mol. The van der Waals surface area contributed by atoms with Crippen molar-refractivity contribution < 1.29 is 14.4 Å². The second-order valence-electron chi connectivity index (χ2n) is 8.37. The van der Waals surface area contributed by atoms with Crippen molar-refractivity contribution in [2.75, 3.05) is 11.4 Å². The summed E-state index contributed by atoms with van der Waals surface area (Å²) in [6.45, 7) is 4.18. The first-order chi connectivity index (χ1) is 15.8. The van der Waals surface area contributed by atoms with Crippen LogP contribution in [0.1, 0.15) is 33.5 Å². The van der Waals surface area contributed by atoms with Gasteiger partial charge in [0, 0.05) is 17.1 Å². The van der Waals surface area contributed by atoms with Crippen LogP contribution in [-0.4, -0.2) is 35.2 Å². The number of carbonyl (C=O) groups is 3. The lowest BCUT2D eigenvalue weighted by Gasteiger charge is -2.28. The molecule has 1 fully saturated rings. The Morgan fingerprint density at radius 1 is 0.970 bits per heavy atom. The van der Waals surface area contributed by atoms with Crippen molar-refractivity contribution >= 4 is 35.0 Å². The molecule has 1 aliphatic rings. The van der Waals surface area contributed by atoms with Crippen LogP contribution in [0.4, 0.5) is 5.69 Å². The summed E-state index contributed by atoms with van der Waals surface area (Å²) >= 11 is 6.11. The van der Waals surface area contributed by atoms with Gasteiger partial charge in [-0.25, -0.2) is 4.90 Å². The van der Waals surface area contributed by atoms with Crippen LogP contribution in [-0.2, 0) is 16.0 Å². The summed E-state index contributed by atoms with van der Waals surface area (Å²) in [6, 6.07) is 21.0. The number of rotatable bonds is 6. The van der Waals surface area contributed by atoms with Crippen LogP contribution in [0.2, 0.25) is 5.02 Å². The van der Waals surface area contributed by atoms with Crippen molar-refractivity contribution in [3.05, 3.63) is 100 Å². The van der Waals surface area contributed by atoms with Crippen LogP contribution >= 0.6 is 11.6 Å². The predicted octanol–water partition coefficient (Wildman–Crippen LogP) is 4.97. The molecule has 0 aliphatic carbocycles. The van der Waals surface area contributed by atoms with Gasteiger partial charge in [-0.05, 0) is 62.2 Å². The highest BCUT2D eigenvalue weighted by molar-refractivity contribution is 6.30. The lowest BCUT2D eigenvalue weighted by Crippen LogP contribution is -2.46. The topological polar surface area (TPSA) is 57.7 Å². The van der Waals surface area contributed by atoms with E-state index < -0.39 is 6.04 Å². The average Bonchev–Trinajstić information content (AvgIpc) is 3.09. The zero-order valence-corrected chi connectivity index (χ0v) is 19.4. The van der Waals surface area contributed by atoms with E-state index in [0.717, 1.165) is 16.7 Å². The number of hydrogen-bond acceptors (Lipinski definition) is 3. The molecule has 6 heteroatoms. The molecule has 0 radical (unpaired) electrons. The molecule has 168 valence electrons. The van der Waals surface area contributed by atoms with Crippen molar-refractivity contribution in [2.24, 2.45) is 0 Å². The third kappa shape index (κ3) is 4.99. The van der Waals surface area contributed by atoms with Crippen molar-refractivity contribution in [1.82, 2.24) is 4.90 Å². The first kappa shape index (κ1) is 22.7. The number of nitrogens with zero attached hydrogens (tertiary/aromatic N) is 2. The lowest BCUT2D eigenvalue weighted by molar-refractivity contribution is -0.122. The number of hydrogen-bond donors (Lipinski definition) is 0. The largest absolute Gasteiger partial charge is 0.326 e. The van der Waals surface area contributed by atoms with Gasteiger partial charge in [0.25, 0.3) is 11.8 Å².